The molecule has 0 atom stereocenters. The molecule has 0 aliphatic carbocycles. The smallest absolute Gasteiger partial charge is 0.412 e. The van der Waals surface area contributed by atoms with Gasteiger partial charge in [0.05, 0.1) is 0 Å². The highest BCUT2D eigenvalue weighted by Crippen LogP contribution is 2.33. The molecule has 1 aliphatic rings. The van der Waals surface area contributed by atoms with E-state index in [0.717, 1.165) is 18.7 Å². The molecule has 1 aliphatic heterocycles. The van der Waals surface area contributed by atoms with Gasteiger partial charge < -0.3 is 10.4 Å². The Morgan fingerprint density at radius 1 is 1.35 bits per heavy atom. The van der Waals surface area contributed by atoms with E-state index in [0.29, 0.717) is 0 Å². The van der Waals surface area contributed by atoms with E-state index >= 15 is 0 Å². The van der Waals surface area contributed by atoms with Gasteiger partial charge in [0.2, 0.25) is 0 Å². The third kappa shape index (κ3) is 2.66. The van der Waals surface area contributed by atoms with E-state index < -0.39 is 11.6 Å². The lowest BCUT2D eigenvalue weighted by Gasteiger charge is -2.37. The average molecular weight is 276 g/mol. The molecule has 0 aromatic heterocycles. The van der Waals surface area contributed by atoms with Crippen LogP contribution in [0, 0.1) is 0 Å². The minimum absolute atomic E-state index is 0.0537. The fourth-order valence-electron chi connectivity index (χ4n) is 2.93. The number of carbonyl (C=O) groups is 1. The largest absolute Gasteiger partial charge is 0.465 e. The second-order valence-electron chi connectivity index (χ2n) is 6.93. The number of hydrogen-bond acceptors (Lipinski definition) is 2. The fourth-order valence-corrected chi connectivity index (χ4v) is 2.93. The summed E-state index contributed by atoms with van der Waals surface area (Å²) in [6, 6.07) is 5.99. The van der Waals surface area contributed by atoms with Gasteiger partial charge in [-0.05, 0) is 70.8 Å². The normalized spacial score (nSPS) is 17.4. The van der Waals surface area contributed by atoms with Crippen LogP contribution in [0.1, 0.15) is 45.7 Å². The number of nitrogens with one attached hydrogen (secondary N) is 1. The molecule has 4 nitrogen and oxygen atoms in total. The molecule has 0 saturated carbocycles. The van der Waals surface area contributed by atoms with Crippen LogP contribution in [-0.4, -0.2) is 23.3 Å². The van der Waals surface area contributed by atoms with Crippen molar-refractivity contribution >= 4 is 11.8 Å². The van der Waals surface area contributed by atoms with Crippen LogP contribution in [0.25, 0.3) is 0 Å². The van der Waals surface area contributed by atoms with Crippen molar-refractivity contribution in [2.24, 2.45) is 0 Å². The summed E-state index contributed by atoms with van der Waals surface area (Å²) in [7, 11) is 0. The van der Waals surface area contributed by atoms with Gasteiger partial charge in [0, 0.05) is 16.8 Å². The molecular formula is C16H24N2O2. The first-order valence-electron chi connectivity index (χ1n) is 7.04. The first-order chi connectivity index (χ1) is 9.13. The minimum atomic E-state index is -0.911. The Hall–Kier alpha value is -1.55. The second kappa shape index (κ2) is 4.77. The second-order valence-corrected chi connectivity index (χ2v) is 6.93. The first-order valence-corrected chi connectivity index (χ1v) is 7.04. The maximum absolute atomic E-state index is 11.6. The van der Waals surface area contributed by atoms with E-state index in [9.17, 15) is 9.90 Å². The molecule has 1 aromatic rings. The SMILES string of the molecule is CC1(C)NCCc2cc(N(C(=O)O)C(C)(C)C)ccc21. The Labute approximate surface area is 120 Å². The third-order valence-corrected chi connectivity index (χ3v) is 3.84. The molecule has 1 aromatic carbocycles. The molecule has 110 valence electrons. The summed E-state index contributed by atoms with van der Waals surface area (Å²) in [4.78, 5) is 13.0. The zero-order valence-electron chi connectivity index (χ0n) is 12.9. The maximum Gasteiger partial charge on any atom is 0.412 e. The number of fused-ring (bicyclic) bond motifs is 1. The zero-order valence-corrected chi connectivity index (χ0v) is 12.9. The molecule has 2 rings (SSSR count). The summed E-state index contributed by atoms with van der Waals surface area (Å²) in [6.45, 7) is 11.0. The Kier molecular flexibility index (Phi) is 3.54. The molecule has 0 spiro atoms. The van der Waals surface area contributed by atoms with Gasteiger partial charge >= 0.3 is 6.09 Å². The predicted molar refractivity (Wildman–Crippen MR) is 81.4 cm³/mol. The maximum atomic E-state index is 11.6. The summed E-state index contributed by atoms with van der Waals surface area (Å²) >= 11 is 0. The molecule has 0 radical (unpaired) electrons. The van der Waals surface area contributed by atoms with Crippen LogP contribution >= 0.6 is 0 Å². The Morgan fingerprint density at radius 2 is 2.00 bits per heavy atom. The van der Waals surface area contributed by atoms with Crippen LogP contribution in [0.15, 0.2) is 18.2 Å². The number of rotatable bonds is 1. The molecule has 0 unspecified atom stereocenters. The molecule has 0 saturated heterocycles. The fraction of sp³-hybridized carbons (Fsp3) is 0.562. The topological polar surface area (TPSA) is 52.6 Å². The molecule has 1 heterocycles. The van der Waals surface area contributed by atoms with E-state index in [1.165, 1.54) is 16.0 Å². The third-order valence-electron chi connectivity index (χ3n) is 3.84. The van der Waals surface area contributed by atoms with Crippen LogP contribution in [0.2, 0.25) is 0 Å². The van der Waals surface area contributed by atoms with Crippen molar-refractivity contribution in [2.45, 2.75) is 52.1 Å². The lowest BCUT2D eigenvalue weighted by atomic mass is 9.85. The standard InChI is InChI=1S/C16H24N2O2/c1-15(2,3)18(14(19)20)12-6-7-13-11(10-12)8-9-17-16(13,4)5/h6-7,10,17H,8-9H2,1-5H3,(H,19,20). The van der Waals surface area contributed by atoms with Gasteiger partial charge in [-0.25, -0.2) is 4.79 Å². The first kappa shape index (κ1) is 14.9. The van der Waals surface area contributed by atoms with Gasteiger partial charge in [-0.2, -0.15) is 0 Å². The molecule has 0 fully saturated rings. The van der Waals surface area contributed by atoms with Crippen LogP contribution < -0.4 is 10.2 Å². The van der Waals surface area contributed by atoms with Crippen molar-refractivity contribution in [1.82, 2.24) is 5.32 Å². The van der Waals surface area contributed by atoms with Gasteiger partial charge in [0.25, 0.3) is 0 Å². The molecule has 1 amide bonds. The van der Waals surface area contributed by atoms with Gasteiger partial charge in [-0.1, -0.05) is 6.07 Å². The summed E-state index contributed by atoms with van der Waals surface area (Å²) < 4.78 is 0. The van der Waals surface area contributed by atoms with Crippen LogP contribution in [0.5, 0.6) is 0 Å². The van der Waals surface area contributed by atoms with Gasteiger partial charge in [-0.3, -0.25) is 4.90 Å². The van der Waals surface area contributed by atoms with Gasteiger partial charge in [0.15, 0.2) is 0 Å². The molecule has 0 bridgehead atoms. The summed E-state index contributed by atoms with van der Waals surface area (Å²) in [5.41, 5.74) is 2.74. The van der Waals surface area contributed by atoms with Crippen molar-refractivity contribution in [3.8, 4) is 0 Å². The molecule has 4 heteroatoms. The van der Waals surface area contributed by atoms with Crippen molar-refractivity contribution in [1.29, 1.82) is 0 Å². The number of carboxylic acid groups (broad SMARTS) is 1. The van der Waals surface area contributed by atoms with Crippen molar-refractivity contribution in [3.63, 3.8) is 0 Å². The van der Waals surface area contributed by atoms with E-state index in [1.54, 1.807) is 0 Å². The van der Waals surface area contributed by atoms with E-state index in [-0.39, 0.29) is 5.54 Å². The quantitative estimate of drug-likeness (QED) is 0.827. The van der Waals surface area contributed by atoms with Crippen molar-refractivity contribution in [2.75, 3.05) is 11.4 Å². The highest BCUT2D eigenvalue weighted by Gasteiger charge is 2.31. The van der Waals surface area contributed by atoms with Gasteiger partial charge in [-0.15, -0.1) is 0 Å². The van der Waals surface area contributed by atoms with E-state index in [2.05, 4.69) is 25.2 Å². The van der Waals surface area contributed by atoms with Crippen molar-refractivity contribution < 1.29 is 9.90 Å². The Bertz CT molecular complexity index is 530. The number of hydrogen-bond donors (Lipinski definition) is 2. The van der Waals surface area contributed by atoms with Crippen molar-refractivity contribution in [3.05, 3.63) is 29.3 Å². The Balaban J connectivity index is 2.48. The number of nitrogens with zero attached hydrogens (tertiary/aromatic N) is 1. The summed E-state index contributed by atoms with van der Waals surface area (Å²) in [5.74, 6) is 0. The summed E-state index contributed by atoms with van der Waals surface area (Å²) in [5, 5.41) is 13.0. The monoisotopic (exact) mass is 276 g/mol. The van der Waals surface area contributed by atoms with Crippen LogP contribution in [0.4, 0.5) is 10.5 Å². The minimum Gasteiger partial charge on any atom is -0.465 e. The average Bonchev–Trinajstić information content (AvgIpc) is 2.25. The lowest BCUT2D eigenvalue weighted by molar-refractivity contribution is 0.195. The van der Waals surface area contributed by atoms with E-state index in [1.807, 2.05) is 32.9 Å². The number of amides is 1. The highest BCUT2D eigenvalue weighted by atomic mass is 16.4. The lowest BCUT2D eigenvalue weighted by Crippen LogP contribution is -2.46. The summed E-state index contributed by atoms with van der Waals surface area (Å²) in [6.07, 6.45) is 0.0233. The highest BCUT2D eigenvalue weighted by molar-refractivity contribution is 5.87. The molecule has 2 N–H and O–H groups in total. The number of benzene rings is 1. The predicted octanol–water partition coefficient (Wildman–Crippen LogP) is 3.35. The number of anilines is 1. The van der Waals surface area contributed by atoms with Gasteiger partial charge in [0.1, 0.15) is 0 Å². The van der Waals surface area contributed by atoms with Crippen LogP contribution in [0.3, 0.4) is 0 Å². The molecular weight excluding hydrogens is 252 g/mol. The van der Waals surface area contributed by atoms with E-state index in [4.69, 9.17) is 0 Å². The van der Waals surface area contributed by atoms with Crippen LogP contribution in [-0.2, 0) is 12.0 Å². The molecule has 20 heavy (non-hydrogen) atoms. The zero-order chi connectivity index (χ0) is 15.1. The Morgan fingerprint density at radius 3 is 2.55 bits per heavy atom.